The molecule has 0 spiro atoms. The normalized spacial score (nSPS) is 22.6. The molecule has 2 N–H and O–H groups in total. The second kappa shape index (κ2) is 5.81. The topological polar surface area (TPSA) is 48.1 Å². The Kier molecular flexibility index (Phi) is 4.36. The quantitative estimate of drug-likeness (QED) is 0.890. The summed E-state index contributed by atoms with van der Waals surface area (Å²) >= 11 is 0. The van der Waals surface area contributed by atoms with Gasteiger partial charge in [0.25, 0.3) is 0 Å². The lowest BCUT2D eigenvalue weighted by molar-refractivity contribution is 0.0345. The van der Waals surface area contributed by atoms with E-state index in [1.165, 1.54) is 17.7 Å². The van der Waals surface area contributed by atoms with Crippen molar-refractivity contribution in [2.45, 2.75) is 51.2 Å². The molecule has 0 aromatic carbocycles. The van der Waals surface area contributed by atoms with E-state index in [0.29, 0.717) is 11.8 Å². The van der Waals surface area contributed by atoms with Crippen molar-refractivity contribution in [2.24, 2.45) is 11.7 Å². The molecular formula is C15H24N2O. The Morgan fingerprint density at radius 1 is 1.44 bits per heavy atom. The maximum Gasteiger partial charge on any atom is 0.0751 e. The molecule has 1 heterocycles. The number of hydrogen-bond donors (Lipinski definition) is 1. The number of ether oxygens (including phenoxy) is 1. The van der Waals surface area contributed by atoms with Gasteiger partial charge in [-0.2, -0.15) is 0 Å². The number of rotatable bonds is 4. The van der Waals surface area contributed by atoms with Gasteiger partial charge in [0, 0.05) is 31.0 Å². The zero-order valence-electron chi connectivity index (χ0n) is 11.6. The molecule has 18 heavy (non-hydrogen) atoms. The van der Waals surface area contributed by atoms with Crippen molar-refractivity contribution in [1.82, 2.24) is 4.98 Å². The van der Waals surface area contributed by atoms with Gasteiger partial charge in [-0.15, -0.1) is 0 Å². The molecule has 100 valence electrons. The van der Waals surface area contributed by atoms with Crippen molar-refractivity contribution in [1.29, 1.82) is 0 Å². The predicted molar refractivity (Wildman–Crippen MR) is 73.5 cm³/mol. The predicted octanol–water partition coefficient (Wildman–Crippen LogP) is 2.50. The average Bonchev–Trinajstić information content (AvgIpc) is 2.38. The van der Waals surface area contributed by atoms with Crippen LogP contribution in [0, 0.1) is 5.92 Å². The summed E-state index contributed by atoms with van der Waals surface area (Å²) in [5, 5.41) is 0. The van der Waals surface area contributed by atoms with Crippen LogP contribution in [0.4, 0.5) is 0 Å². The molecule has 0 radical (unpaired) electrons. The first-order chi connectivity index (χ1) is 8.65. The molecule has 0 saturated carbocycles. The van der Waals surface area contributed by atoms with Gasteiger partial charge in [-0.25, -0.2) is 0 Å². The van der Waals surface area contributed by atoms with Gasteiger partial charge in [0.2, 0.25) is 0 Å². The fraction of sp³-hybridized carbons (Fsp3) is 0.667. The first kappa shape index (κ1) is 13.5. The van der Waals surface area contributed by atoms with E-state index in [4.69, 9.17) is 10.5 Å². The summed E-state index contributed by atoms with van der Waals surface area (Å²) in [4.78, 5) is 4.56. The summed E-state index contributed by atoms with van der Waals surface area (Å²) in [6.07, 6.45) is 5.43. The van der Waals surface area contributed by atoms with Crippen molar-refractivity contribution in [3.8, 4) is 0 Å². The van der Waals surface area contributed by atoms with Gasteiger partial charge in [-0.3, -0.25) is 4.98 Å². The summed E-state index contributed by atoms with van der Waals surface area (Å²) in [5.41, 5.74) is 9.01. The second-order valence-corrected chi connectivity index (χ2v) is 5.57. The van der Waals surface area contributed by atoms with Crippen LogP contribution in [-0.2, 0) is 11.2 Å². The Morgan fingerprint density at radius 2 is 2.22 bits per heavy atom. The van der Waals surface area contributed by atoms with E-state index in [2.05, 4.69) is 24.9 Å². The average molecular weight is 248 g/mol. The molecule has 3 unspecified atom stereocenters. The Balaban J connectivity index is 2.24. The zero-order chi connectivity index (χ0) is 13.1. The molecule has 0 saturated heterocycles. The summed E-state index contributed by atoms with van der Waals surface area (Å²) in [6.45, 7) is 4.33. The SMILES string of the molecule is COC(C(C)C)C(N)C1CCCc2cccnc21. The standard InChI is InChI=1S/C15H24N2O/c1-10(2)15(18-3)13(16)12-8-4-6-11-7-5-9-17-14(11)12/h5,7,9-10,12-13,15H,4,6,8,16H2,1-3H3. The largest absolute Gasteiger partial charge is 0.380 e. The van der Waals surface area contributed by atoms with E-state index in [9.17, 15) is 0 Å². The van der Waals surface area contributed by atoms with E-state index in [0.717, 1.165) is 12.8 Å². The van der Waals surface area contributed by atoms with Crippen LogP contribution in [0.15, 0.2) is 18.3 Å². The van der Waals surface area contributed by atoms with Crippen molar-refractivity contribution in [3.05, 3.63) is 29.6 Å². The molecule has 0 fully saturated rings. The molecule has 1 aromatic heterocycles. The third-order valence-electron chi connectivity index (χ3n) is 4.01. The van der Waals surface area contributed by atoms with E-state index in [-0.39, 0.29) is 12.1 Å². The van der Waals surface area contributed by atoms with Crippen LogP contribution < -0.4 is 5.73 Å². The first-order valence-electron chi connectivity index (χ1n) is 6.87. The van der Waals surface area contributed by atoms with Gasteiger partial charge in [0.15, 0.2) is 0 Å². The maximum atomic E-state index is 6.45. The maximum absolute atomic E-state index is 6.45. The van der Waals surface area contributed by atoms with Gasteiger partial charge >= 0.3 is 0 Å². The van der Waals surface area contributed by atoms with Crippen LogP contribution in [0.2, 0.25) is 0 Å². The fourth-order valence-corrected chi connectivity index (χ4v) is 3.12. The lowest BCUT2D eigenvalue weighted by Crippen LogP contribution is -2.45. The van der Waals surface area contributed by atoms with Gasteiger partial charge in [0.1, 0.15) is 0 Å². The number of pyridine rings is 1. The van der Waals surface area contributed by atoms with Crippen molar-refractivity contribution < 1.29 is 4.74 Å². The molecule has 1 aliphatic rings. The number of hydrogen-bond acceptors (Lipinski definition) is 3. The van der Waals surface area contributed by atoms with Gasteiger partial charge < -0.3 is 10.5 Å². The van der Waals surface area contributed by atoms with Crippen LogP contribution >= 0.6 is 0 Å². The first-order valence-corrected chi connectivity index (χ1v) is 6.87. The molecule has 0 amide bonds. The highest BCUT2D eigenvalue weighted by atomic mass is 16.5. The Morgan fingerprint density at radius 3 is 2.89 bits per heavy atom. The molecule has 2 rings (SSSR count). The third kappa shape index (κ3) is 2.57. The monoisotopic (exact) mass is 248 g/mol. The van der Waals surface area contributed by atoms with Crippen LogP contribution in [0.5, 0.6) is 0 Å². The molecule has 3 nitrogen and oxygen atoms in total. The lowest BCUT2D eigenvalue weighted by atomic mass is 9.78. The van der Waals surface area contributed by atoms with E-state index in [1.807, 2.05) is 12.3 Å². The van der Waals surface area contributed by atoms with Crippen molar-refractivity contribution >= 4 is 0 Å². The van der Waals surface area contributed by atoms with Gasteiger partial charge in [-0.1, -0.05) is 19.9 Å². The molecular weight excluding hydrogens is 224 g/mol. The van der Waals surface area contributed by atoms with Crippen molar-refractivity contribution in [3.63, 3.8) is 0 Å². The Hall–Kier alpha value is -0.930. The van der Waals surface area contributed by atoms with E-state index in [1.54, 1.807) is 7.11 Å². The molecule has 1 aliphatic carbocycles. The second-order valence-electron chi connectivity index (χ2n) is 5.57. The highest BCUT2D eigenvalue weighted by molar-refractivity contribution is 5.27. The van der Waals surface area contributed by atoms with E-state index >= 15 is 0 Å². The highest BCUT2D eigenvalue weighted by Gasteiger charge is 2.33. The minimum absolute atomic E-state index is 0.0314. The number of nitrogens with two attached hydrogens (primary N) is 1. The summed E-state index contributed by atoms with van der Waals surface area (Å²) in [5.74, 6) is 0.765. The van der Waals surface area contributed by atoms with E-state index < -0.39 is 0 Å². The number of aromatic nitrogens is 1. The number of fused-ring (bicyclic) bond motifs is 1. The molecule has 3 atom stereocenters. The van der Waals surface area contributed by atoms with Crippen molar-refractivity contribution in [2.75, 3.05) is 7.11 Å². The van der Waals surface area contributed by atoms with Crippen LogP contribution in [0.1, 0.15) is 43.9 Å². The number of methoxy groups -OCH3 is 1. The van der Waals surface area contributed by atoms with Gasteiger partial charge in [-0.05, 0) is 36.8 Å². The summed E-state index contributed by atoms with van der Waals surface area (Å²) in [6, 6.07) is 4.23. The molecule has 3 heteroatoms. The third-order valence-corrected chi connectivity index (χ3v) is 4.01. The number of nitrogens with zero attached hydrogens (tertiary/aromatic N) is 1. The molecule has 0 aliphatic heterocycles. The molecule has 1 aromatic rings. The van der Waals surface area contributed by atoms with Crippen LogP contribution in [-0.4, -0.2) is 24.2 Å². The Labute approximate surface area is 110 Å². The fourth-order valence-electron chi connectivity index (χ4n) is 3.12. The minimum Gasteiger partial charge on any atom is -0.380 e. The minimum atomic E-state index is 0.0314. The van der Waals surface area contributed by atoms with Gasteiger partial charge in [0.05, 0.1) is 6.10 Å². The number of aryl methyl sites for hydroxylation is 1. The lowest BCUT2D eigenvalue weighted by Gasteiger charge is -2.35. The Bertz CT molecular complexity index is 392. The van der Waals surface area contributed by atoms with Crippen LogP contribution in [0.25, 0.3) is 0 Å². The van der Waals surface area contributed by atoms with Crippen LogP contribution in [0.3, 0.4) is 0 Å². The summed E-state index contributed by atoms with van der Waals surface area (Å²) < 4.78 is 5.59. The highest BCUT2D eigenvalue weighted by Crippen LogP contribution is 2.34. The smallest absolute Gasteiger partial charge is 0.0751 e. The zero-order valence-corrected chi connectivity index (χ0v) is 11.6. The molecule has 0 bridgehead atoms. The summed E-state index contributed by atoms with van der Waals surface area (Å²) in [7, 11) is 1.76.